The number of hydrogen-bond acceptors (Lipinski definition) is 5. The molecule has 0 aliphatic carbocycles. The zero-order valence-electron chi connectivity index (χ0n) is 15.2. The molecule has 0 aliphatic heterocycles. The Balaban J connectivity index is 1.96. The van der Waals surface area contributed by atoms with Crippen LogP contribution in [0.1, 0.15) is 28.1 Å². The first-order valence-corrected chi connectivity index (χ1v) is 9.16. The van der Waals surface area contributed by atoms with E-state index in [1.54, 1.807) is 17.4 Å². The van der Waals surface area contributed by atoms with Gasteiger partial charge in [0.25, 0.3) is 0 Å². The number of phenolic OH excluding ortho intramolecular Hbond substituents is 1. The van der Waals surface area contributed by atoms with Gasteiger partial charge >= 0.3 is 0 Å². The number of methoxy groups -OCH3 is 1. The Morgan fingerprint density at radius 1 is 1.32 bits per heavy atom. The minimum atomic E-state index is 0.137. The number of rotatable bonds is 7. The molecular formula is C18H26N4O2S. The predicted molar refractivity (Wildman–Crippen MR) is 103 cm³/mol. The van der Waals surface area contributed by atoms with Gasteiger partial charge in [-0.3, -0.25) is 0 Å². The van der Waals surface area contributed by atoms with E-state index in [2.05, 4.69) is 27.5 Å². The number of thiazole rings is 1. The highest BCUT2D eigenvalue weighted by Crippen LogP contribution is 2.29. The Hall–Kier alpha value is -2.28. The van der Waals surface area contributed by atoms with Crippen LogP contribution in [-0.4, -0.2) is 36.2 Å². The maximum Gasteiger partial charge on any atom is 0.191 e. The average molecular weight is 362 g/mol. The number of benzene rings is 1. The van der Waals surface area contributed by atoms with Crippen LogP contribution in [0.15, 0.2) is 23.2 Å². The van der Waals surface area contributed by atoms with E-state index in [9.17, 15) is 5.11 Å². The van der Waals surface area contributed by atoms with Crippen LogP contribution in [0, 0.1) is 13.8 Å². The molecule has 0 saturated heterocycles. The molecule has 0 unspecified atom stereocenters. The second kappa shape index (κ2) is 9.27. The van der Waals surface area contributed by atoms with Crippen LogP contribution >= 0.6 is 11.3 Å². The number of nitrogens with one attached hydrogen (secondary N) is 2. The third-order valence-electron chi connectivity index (χ3n) is 3.76. The summed E-state index contributed by atoms with van der Waals surface area (Å²) in [5, 5.41) is 17.8. The van der Waals surface area contributed by atoms with Gasteiger partial charge in [0.1, 0.15) is 0 Å². The van der Waals surface area contributed by atoms with E-state index in [-0.39, 0.29) is 5.75 Å². The minimum absolute atomic E-state index is 0.137. The van der Waals surface area contributed by atoms with Gasteiger partial charge in [0.05, 0.1) is 24.4 Å². The number of phenols is 1. The van der Waals surface area contributed by atoms with Gasteiger partial charge in [-0.2, -0.15) is 0 Å². The summed E-state index contributed by atoms with van der Waals surface area (Å²) in [6.45, 7) is 8.04. The number of aromatic nitrogens is 1. The normalized spacial score (nSPS) is 11.4. The molecule has 2 aromatic rings. The Labute approximate surface area is 153 Å². The van der Waals surface area contributed by atoms with Gasteiger partial charge in [0, 0.05) is 30.0 Å². The molecule has 0 radical (unpaired) electrons. The summed E-state index contributed by atoms with van der Waals surface area (Å²) in [4.78, 5) is 10.4. The number of nitrogens with zero attached hydrogens (tertiary/aromatic N) is 2. The fourth-order valence-corrected chi connectivity index (χ4v) is 3.23. The van der Waals surface area contributed by atoms with E-state index in [4.69, 9.17) is 4.74 Å². The van der Waals surface area contributed by atoms with Crippen molar-refractivity contribution in [2.45, 2.75) is 33.7 Å². The molecule has 2 rings (SSSR count). The van der Waals surface area contributed by atoms with Crippen molar-refractivity contribution in [3.63, 3.8) is 0 Å². The predicted octanol–water partition coefficient (Wildman–Crippen LogP) is 2.77. The number of aromatic hydroxyl groups is 1. The lowest BCUT2D eigenvalue weighted by Gasteiger charge is -2.11. The van der Waals surface area contributed by atoms with Crippen molar-refractivity contribution in [2.24, 2.45) is 4.99 Å². The van der Waals surface area contributed by atoms with Crippen LogP contribution in [0.4, 0.5) is 0 Å². The van der Waals surface area contributed by atoms with Gasteiger partial charge in [-0.1, -0.05) is 12.1 Å². The van der Waals surface area contributed by atoms with Crippen LogP contribution in [0.25, 0.3) is 0 Å². The summed E-state index contributed by atoms with van der Waals surface area (Å²) in [5.41, 5.74) is 1.83. The molecule has 6 nitrogen and oxygen atoms in total. The first-order chi connectivity index (χ1) is 12.0. The highest BCUT2D eigenvalue weighted by atomic mass is 32.1. The van der Waals surface area contributed by atoms with E-state index < -0.39 is 0 Å². The fraction of sp³-hybridized carbons (Fsp3) is 0.444. The van der Waals surface area contributed by atoms with Crippen molar-refractivity contribution in [1.82, 2.24) is 15.6 Å². The van der Waals surface area contributed by atoms with Crippen LogP contribution < -0.4 is 15.4 Å². The zero-order chi connectivity index (χ0) is 18.2. The maximum absolute atomic E-state index is 10.1. The van der Waals surface area contributed by atoms with Crippen LogP contribution in [0.2, 0.25) is 0 Å². The Kier molecular flexibility index (Phi) is 7.06. The van der Waals surface area contributed by atoms with E-state index >= 15 is 0 Å². The maximum atomic E-state index is 10.1. The lowest BCUT2D eigenvalue weighted by Crippen LogP contribution is -2.38. The second-order valence-electron chi connectivity index (χ2n) is 5.59. The fourth-order valence-electron chi connectivity index (χ4n) is 2.30. The molecular weight excluding hydrogens is 336 g/mol. The van der Waals surface area contributed by atoms with Gasteiger partial charge in [-0.15, -0.1) is 11.3 Å². The number of hydrogen-bond donors (Lipinski definition) is 3. The number of aliphatic imine (C=N–C) groups is 1. The molecule has 7 heteroatoms. The van der Waals surface area contributed by atoms with Gasteiger partial charge in [0.15, 0.2) is 17.5 Å². The quantitative estimate of drug-likeness (QED) is 0.521. The molecule has 3 N–H and O–H groups in total. The summed E-state index contributed by atoms with van der Waals surface area (Å²) >= 11 is 1.74. The van der Waals surface area contributed by atoms with Crippen molar-refractivity contribution in [3.8, 4) is 11.5 Å². The third kappa shape index (κ3) is 5.35. The smallest absolute Gasteiger partial charge is 0.191 e. The summed E-state index contributed by atoms with van der Waals surface area (Å²) in [6, 6.07) is 5.41. The molecule has 0 amide bonds. The van der Waals surface area contributed by atoms with Gasteiger partial charge in [0.2, 0.25) is 0 Å². The van der Waals surface area contributed by atoms with Gasteiger partial charge < -0.3 is 20.5 Å². The highest BCUT2D eigenvalue weighted by molar-refractivity contribution is 7.11. The molecule has 1 aromatic heterocycles. The van der Waals surface area contributed by atoms with Crippen LogP contribution in [-0.2, 0) is 13.0 Å². The van der Waals surface area contributed by atoms with Crippen molar-refractivity contribution >= 4 is 17.3 Å². The summed E-state index contributed by atoms with van der Waals surface area (Å²) < 4.78 is 5.13. The highest BCUT2D eigenvalue weighted by Gasteiger charge is 2.08. The monoisotopic (exact) mass is 362 g/mol. The summed E-state index contributed by atoms with van der Waals surface area (Å²) in [6.07, 6.45) is 0.855. The van der Waals surface area contributed by atoms with E-state index in [0.717, 1.165) is 41.7 Å². The van der Waals surface area contributed by atoms with Gasteiger partial charge in [-0.05, 0) is 26.8 Å². The molecule has 0 spiro atoms. The zero-order valence-corrected chi connectivity index (χ0v) is 16.0. The standard InChI is InChI=1S/C18H26N4O2S/c1-5-19-18(20-10-9-16-22-12(2)13(3)25-16)21-11-14-7-6-8-15(24-4)17(14)23/h6-8,23H,5,9-11H2,1-4H3,(H2,19,20,21). The molecule has 0 fully saturated rings. The SMILES string of the molecule is CCNC(=NCc1cccc(OC)c1O)NCCc1nc(C)c(C)s1. The summed E-state index contributed by atoms with van der Waals surface area (Å²) in [7, 11) is 1.54. The number of ether oxygens (including phenoxy) is 1. The molecule has 1 aromatic carbocycles. The average Bonchev–Trinajstić information content (AvgIpc) is 2.91. The largest absolute Gasteiger partial charge is 0.504 e. The lowest BCUT2D eigenvalue weighted by molar-refractivity contribution is 0.370. The second-order valence-corrected chi connectivity index (χ2v) is 6.88. The molecule has 0 saturated carbocycles. The third-order valence-corrected chi connectivity index (χ3v) is 4.89. The molecule has 1 heterocycles. The first kappa shape index (κ1) is 19.1. The Morgan fingerprint density at radius 3 is 2.76 bits per heavy atom. The van der Waals surface area contributed by atoms with E-state index in [0.29, 0.717) is 12.3 Å². The van der Waals surface area contributed by atoms with E-state index in [1.807, 2.05) is 26.0 Å². The van der Waals surface area contributed by atoms with Gasteiger partial charge in [-0.25, -0.2) is 9.98 Å². The molecule has 0 aliphatic rings. The topological polar surface area (TPSA) is 78.8 Å². The van der Waals surface area contributed by atoms with Crippen molar-refractivity contribution in [3.05, 3.63) is 39.3 Å². The van der Waals surface area contributed by atoms with Crippen LogP contribution in [0.5, 0.6) is 11.5 Å². The first-order valence-electron chi connectivity index (χ1n) is 8.35. The lowest BCUT2D eigenvalue weighted by atomic mass is 10.2. The van der Waals surface area contributed by atoms with E-state index in [1.165, 1.54) is 12.0 Å². The number of aryl methyl sites for hydroxylation is 2. The van der Waals surface area contributed by atoms with Crippen molar-refractivity contribution < 1.29 is 9.84 Å². The minimum Gasteiger partial charge on any atom is -0.504 e. The summed E-state index contributed by atoms with van der Waals surface area (Å²) in [5.74, 6) is 1.31. The number of guanidine groups is 1. The van der Waals surface area contributed by atoms with Crippen molar-refractivity contribution in [1.29, 1.82) is 0 Å². The number of para-hydroxylation sites is 1. The molecule has 136 valence electrons. The van der Waals surface area contributed by atoms with Crippen LogP contribution in [0.3, 0.4) is 0 Å². The molecule has 25 heavy (non-hydrogen) atoms. The molecule has 0 bridgehead atoms. The Bertz CT molecular complexity index is 708. The van der Waals surface area contributed by atoms with Crippen molar-refractivity contribution in [2.75, 3.05) is 20.2 Å². The Morgan fingerprint density at radius 2 is 2.12 bits per heavy atom. The molecule has 0 atom stereocenters.